The van der Waals surface area contributed by atoms with Gasteiger partial charge in [-0.15, -0.1) is 12.4 Å². The molecule has 102 valence electrons. The van der Waals surface area contributed by atoms with Gasteiger partial charge in [0, 0.05) is 0 Å². The maximum Gasteiger partial charge on any atom is 0.764 e. The molecule has 0 aliphatic rings. The lowest BCUT2D eigenvalue weighted by Gasteiger charge is -1.91. The van der Waals surface area contributed by atoms with E-state index in [2.05, 4.69) is 4.43 Å². The minimum Gasteiger partial charge on any atom is -0.511 e. The highest BCUT2D eigenvalue weighted by molar-refractivity contribution is 6.24. The molecule has 7 heteroatoms. The molecule has 0 aromatic carbocycles. The van der Waals surface area contributed by atoms with Gasteiger partial charge in [-0.25, -0.2) is 0 Å². The summed E-state index contributed by atoms with van der Waals surface area (Å²) in [7, 11) is 9.35. The van der Waals surface area contributed by atoms with E-state index in [1.807, 2.05) is 59.0 Å². The van der Waals surface area contributed by atoms with E-state index in [9.17, 15) is 4.46 Å². The van der Waals surface area contributed by atoms with Crippen LogP contribution < -0.4 is 0 Å². The van der Waals surface area contributed by atoms with E-state index < -0.39 is 9.17 Å². The number of hydrogen-bond acceptors (Lipinski definition) is 4. The van der Waals surface area contributed by atoms with Crippen molar-refractivity contribution < 1.29 is 13.7 Å². The molecule has 0 aromatic rings. The fraction of sp³-hybridized carbons (Fsp3) is 1.00. The Balaban J connectivity index is -0.0000000700. The Bertz CT molecular complexity index is 126. The summed E-state index contributed by atoms with van der Waals surface area (Å²) in [5, 5.41) is 0. The lowest BCUT2D eigenvalue weighted by molar-refractivity contribution is 0.224. The van der Waals surface area contributed by atoms with E-state index in [4.69, 9.17) is 4.80 Å². The third-order valence-corrected chi connectivity index (χ3v) is 0.881. The lowest BCUT2D eigenvalue weighted by atomic mass is 10.5. The quantitative estimate of drug-likeness (QED) is 0.764. The molecule has 0 spiro atoms. The van der Waals surface area contributed by atoms with Crippen LogP contribution in [-0.2, 0) is 8.89 Å². The van der Waals surface area contributed by atoms with Crippen molar-refractivity contribution in [2.24, 2.45) is 0 Å². The summed E-state index contributed by atoms with van der Waals surface area (Å²) in [6.07, 6.45) is 0.789. The summed E-state index contributed by atoms with van der Waals surface area (Å²) in [6, 6.07) is 0. The molecule has 0 bridgehead atoms. The third kappa shape index (κ3) is 155. The van der Waals surface area contributed by atoms with Crippen LogP contribution in [0.15, 0.2) is 0 Å². The fourth-order valence-corrected chi connectivity index (χ4v) is 0.568. The molecule has 1 N–H and O–H groups in total. The number of hydrogen-bond donors (Lipinski definition) is 1. The van der Waals surface area contributed by atoms with Gasteiger partial charge in [0.25, 0.3) is 0 Å². The molecule has 0 saturated carbocycles. The Kier molecular flexibility index (Phi) is 31.5. The van der Waals surface area contributed by atoms with E-state index in [-0.39, 0.29) is 12.4 Å². The average molecular weight is 275 g/mol. The molecule has 0 radical (unpaired) electrons. The summed E-state index contributed by atoms with van der Waals surface area (Å²) in [6.45, 7) is 2.26. The van der Waals surface area contributed by atoms with Gasteiger partial charge in [0.15, 0.2) is 0 Å². The minimum absolute atomic E-state index is 0. The van der Waals surface area contributed by atoms with E-state index in [1.54, 1.807) is 0 Å². The van der Waals surface area contributed by atoms with Crippen LogP contribution in [0.2, 0.25) is 0 Å². The Morgan fingerprint density at radius 2 is 1.31 bits per heavy atom. The number of rotatable bonds is 3. The van der Waals surface area contributed by atoms with Gasteiger partial charge in [0.05, 0.1) is 6.61 Å². The first-order valence-corrected chi connectivity index (χ1v) is 6.07. The standard InChI is InChI=1S/2C3H9N.C3H8O3Si.ClH/c2*1-4(2)3;1-2-3-6-7(4)5;/h2*1-3H3;4H,2-3H2,1H3;1H. The van der Waals surface area contributed by atoms with Crippen molar-refractivity contribution in [3.63, 3.8) is 0 Å². The summed E-state index contributed by atoms with van der Waals surface area (Å²) in [5.41, 5.74) is 0. The van der Waals surface area contributed by atoms with Gasteiger partial charge in [-0.3, -0.25) is 4.46 Å². The van der Waals surface area contributed by atoms with Gasteiger partial charge in [-0.2, -0.15) is 0 Å². The highest BCUT2D eigenvalue weighted by atomic mass is 35.5. The Morgan fingerprint density at radius 1 is 1.06 bits per heavy atom. The largest absolute Gasteiger partial charge is 0.764 e. The predicted molar refractivity (Wildman–Crippen MR) is 71.4 cm³/mol. The van der Waals surface area contributed by atoms with Gasteiger partial charge in [-0.05, 0) is 48.7 Å². The van der Waals surface area contributed by atoms with Crippen molar-refractivity contribution >= 4 is 21.6 Å². The van der Waals surface area contributed by atoms with Crippen LogP contribution in [0, 0.1) is 0 Å². The molecule has 0 unspecified atom stereocenters. The van der Waals surface area contributed by atoms with Gasteiger partial charge in [0.1, 0.15) is 0 Å². The van der Waals surface area contributed by atoms with Crippen LogP contribution >= 0.6 is 12.4 Å². The van der Waals surface area contributed by atoms with E-state index in [0.29, 0.717) is 6.61 Å². The molecule has 0 saturated heterocycles. The highest BCUT2D eigenvalue weighted by Gasteiger charge is 1.98. The van der Waals surface area contributed by atoms with Crippen molar-refractivity contribution in [2.75, 3.05) is 48.9 Å². The monoisotopic (exact) mass is 274 g/mol. The second-order valence-electron chi connectivity index (χ2n) is 3.80. The molecule has 0 aliphatic heterocycles. The van der Waals surface area contributed by atoms with Crippen LogP contribution in [0.3, 0.4) is 0 Å². The fourth-order valence-electron chi connectivity index (χ4n) is 0.189. The lowest BCUT2D eigenvalue weighted by Crippen LogP contribution is -2.05. The Labute approximate surface area is 108 Å². The molecule has 0 amide bonds. The van der Waals surface area contributed by atoms with Crippen LogP contribution in [-0.4, -0.2) is 72.7 Å². The second-order valence-corrected chi connectivity index (χ2v) is 4.62. The van der Waals surface area contributed by atoms with Gasteiger partial charge >= 0.3 is 9.17 Å². The van der Waals surface area contributed by atoms with Crippen molar-refractivity contribution in [3.8, 4) is 0 Å². The van der Waals surface area contributed by atoms with E-state index in [1.165, 1.54) is 0 Å². The molecule has 0 fully saturated rings. The van der Waals surface area contributed by atoms with Gasteiger partial charge < -0.3 is 19.0 Å². The third-order valence-electron chi connectivity index (χ3n) is 0.430. The molecule has 0 atom stereocenters. The van der Waals surface area contributed by atoms with Crippen LogP contribution in [0.1, 0.15) is 13.3 Å². The molecular formula is C9H27ClN2O3Si. The van der Waals surface area contributed by atoms with Crippen LogP contribution in [0.25, 0.3) is 0 Å². The SMILES string of the molecule is CCCO[Si](=O)O.CN(C)C.CN(C)C.Cl. The number of nitrogens with zero attached hydrogens (tertiary/aromatic N) is 2. The smallest absolute Gasteiger partial charge is 0.511 e. The minimum atomic E-state index is -2.65. The van der Waals surface area contributed by atoms with Gasteiger partial charge in [0.2, 0.25) is 0 Å². The summed E-state index contributed by atoms with van der Waals surface area (Å²) >= 11 is 0. The predicted octanol–water partition coefficient (Wildman–Crippen LogP) is 0.598. The van der Waals surface area contributed by atoms with Crippen molar-refractivity contribution in [1.82, 2.24) is 9.80 Å². The number of halogens is 1. The summed E-state index contributed by atoms with van der Waals surface area (Å²) in [4.78, 5) is 12.0. The van der Waals surface area contributed by atoms with Crippen molar-refractivity contribution in [2.45, 2.75) is 13.3 Å². The topological polar surface area (TPSA) is 53.0 Å². The second kappa shape index (κ2) is 20.3. The zero-order valence-corrected chi connectivity index (χ0v) is 13.3. The molecule has 0 aliphatic carbocycles. The van der Waals surface area contributed by atoms with Crippen molar-refractivity contribution in [1.29, 1.82) is 0 Å². The van der Waals surface area contributed by atoms with Crippen LogP contribution in [0.4, 0.5) is 0 Å². The van der Waals surface area contributed by atoms with Crippen molar-refractivity contribution in [3.05, 3.63) is 0 Å². The summed E-state index contributed by atoms with van der Waals surface area (Å²) in [5.74, 6) is 0. The zero-order chi connectivity index (χ0) is 12.9. The molecule has 5 nitrogen and oxygen atoms in total. The molecule has 16 heavy (non-hydrogen) atoms. The Morgan fingerprint density at radius 3 is 1.38 bits per heavy atom. The maximum absolute atomic E-state index is 9.72. The van der Waals surface area contributed by atoms with E-state index in [0.717, 1.165) is 6.42 Å². The highest BCUT2D eigenvalue weighted by Crippen LogP contribution is 1.75. The average Bonchev–Trinajstić information content (AvgIpc) is 1.98. The first-order valence-electron chi connectivity index (χ1n) is 4.81. The first-order chi connectivity index (χ1) is 6.73. The first kappa shape index (κ1) is 24.9. The molecule has 0 aromatic heterocycles. The molecule has 0 heterocycles. The van der Waals surface area contributed by atoms with Gasteiger partial charge in [-0.1, -0.05) is 6.92 Å². The Hall–Kier alpha value is -0.173. The van der Waals surface area contributed by atoms with E-state index >= 15 is 0 Å². The summed E-state index contributed by atoms with van der Waals surface area (Å²) < 4.78 is 14.0. The molecule has 0 rings (SSSR count). The zero-order valence-electron chi connectivity index (χ0n) is 11.5. The van der Waals surface area contributed by atoms with Crippen LogP contribution in [0.5, 0.6) is 0 Å². The molecular weight excluding hydrogens is 248 g/mol. The maximum atomic E-state index is 9.72. The normalized spacial score (nSPS) is 8.06.